The number of carbonyl (C=O) groups excluding carboxylic acids is 2. The minimum atomic E-state index is -3.32. The van der Waals surface area contributed by atoms with E-state index in [0.29, 0.717) is 18.8 Å². The standard InChI is InChI=1S/C18H26N2O5S/c1-14(2)13-20(12-11-18(22)25-3)17(21)10-7-15-5-8-16(9-6-15)19-26(4,23)24/h5-10,14,19H,11-13H2,1-4H3/b10-7+. The van der Waals surface area contributed by atoms with Gasteiger partial charge in [-0.3, -0.25) is 14.3 Å². The second-order valence-electron chi connectivity index (χ2n) is 6.33. The van der Waals surface area contributed by atoms with Gasteiger partial charge >= 0.3 is 5.97 Å². The Morgan fingerprint density at radius 2 is 1.85 bits per heavy atom. The summed E-state index contributed by atoms with van der Waals surface area (Å²) in [5.41, 5.74) is 1.21. The van der Waals surface area contributed by atoms with Gasteiger partial charge in [-0.2, -0.15) is 0 Å². The number of esters is 1. The van der Waals surface area contributed by atoms with E-state index in [0.717, 1.165) is 11.8 Å². The number of anilines is 1. The highest BCUT2D eigenvalue weighted by atomic mass is 32.2. The maximum Gasteiger partial charge on any atom is 0.307 e. The van der Waals surface area contributed by atoms with Crippen LogP contribution in [0.4, 0.5) is 5.69 Å². The second kappa shape index (κ2) is 9.96. The molecule has 0 fully saturated rings. The summed E-state index contributed by atoms with van der Waals surface area (Å²) >= 11 is 0. The van der Waals surface area contributed by atoms with E-state index >= 15 is 0 Å². The van der Waals surface area contributed by atoms with E-state index in [1.807, 2.05) is 13.8 Å². The lowest BCUT2D eigenvalue weighted by Gasteiger charge is -2.22. The highest BCUT2D eigenvalue weighted by molar-refractivity contribution is 7.92. The van der Waals surface area contributed by atoms with Crippen molar-refractivity contribution in [3.05, 3.63) is 35.9 Å². The molecule has 0 heterocycles. The molecule has 1 rings (SSSR count). The molecule has 1 aromatic carbocycles. The van der Waals surface area contributed by atoms with Crippen molar-refractivity contribution in [2.24, 2.45) is 5.92 Å². The van der Waals surface area contributed by atoms with Gasteiger partial charge in [0.25, 0.3) is 0 Å². The van der Waals surface area contributed by atoms with Crippen LogP contribution in [-0.2, 0) is 24.3 Å². The lowest BCUT2D eigenvalue weighted by molar-refractivity contribution is -0.141. The van der Waals surface area contributed by atoms with Gasteiger partial charge in [-0.1, -0.05) is 26.0 Å². The zero-order chi connectivity index (χ0) is 19.7. The van der Waals surface area contributed by atoms with Crippen molar-refractivity contribution >= 4 is 33.7 Å². The van der Waals surface area contributed by atoms with Crippen LogP contribution in [0.5, 0.6) is 0 Å². The summed E-state index contributed by atoms with van der Waals surface area (Å²) in [5.74, 6) is -0.281. The number of hydrogen-bond acceptors (Lipinski definition) is 5. The molecule has 0 unspecified atom stereocenters. The molecule has 0 aliphatic rings. The third-order valence-electron chi connectivity index (χ3n) is 3.34. The van der Waals surface area contributed by atoms with Crippen LogP contribution in [-0.4, -0.2) is 51.6 Å². The molecule has 8 heteroatoms. The molecule has 1 aromatic rings. The number of benzene rings is 1. The van der Waals surface area contributed by atoms with Crippen molar-refractivity contribution in [3.8, 4) is 0 Å². The number of rotatable bonds is 9. The normalized spacial score (nSPS) is 11.6. The van der Waals surface area contributed by atoms with E-state index in [1.54, 1.807) is 35.2 Å². The average Bonchev–Trinajstić information content (AvgIpc) is 2.55. The Morgan fingerprint density at radius 3 is 2.35 bits per heavy atom. The average molecular weight is 382 g/mol. The first kappa shape index (κ1) is 21.7. The summed E-state index contributed by atoms with van der Waals surface area (Å²) in [6.45, 7) is 4.83. The van der Waals surface area contributed by atoms with E-state index in [4.69, 9.17) is 0 Å². The van der Waals surface area contributed by atoms with E-state index in [9.17, 15) is 18.0 Å². The minimum Gasteiger partial charge on any atom is -0.469 e. The van der Waals surface area contributed by atoms with Crippen LogP contribution in [0.15, 0.2) is 30.3 Å². The molecule has 0 aromatic heterocycles. The number of nitrogens with one attached hydrogen (secondary N) is 1. The fourth-order valence-electron chi connectivity index (χ4n) is 2.21. The van der Waals surface area contributed by atoms with Crippen LogP contribution < -0.4 is 4.72 Å². The number of nitrogens with zero attached hydrogens (tertiary/aromatic N) is 1. The topological polar surface area (TPSA) is 92.8 Å². The third-order valence-corrected chi connectivity index (χ3v) is 3.95. The van der Waals surface area contributed by atoms with Gasteiger partial charge in [-0.15, -0.1) is 0 Å². The van der Waals surface area contributed by atoms with E-state index < -0.39 is 10.0 Å². The van der Waals surface area contributed by atoms with Gasteiger partial charge in [0.1, 0.15) is 0 Å². The second-order valence-corrected chi connectivity index (χ2v) is 8.08. The molecule has 1 N–H and O–H groups in total. The van der Waals surface area contributed by atoms with Crippen molar-refractivity contribution in [2.75, 3.05) is 31.2 Å². The van der Waals surface area contributed by atoms with E-state index in [1.165, 1.54) is 13.2 Å². The van der Waals surface area contributed by atoms with Crippen LogP contribution in [0.2, 0.25) is 0 Å². The molecule has 0 aliphatic carbocycles. The van der Waals surface area contributed by atoms with Gasteiger partial charge < -0.3 is 9.64 Å². The number of amides is 1. The van der Waals surface area contributed by atoms with Crippen molar-refractivity contribution in [2.45, 2.75) is 20.3 Å². The number of carbonyl (C=O) groups is 2. The first-order valence-electron chi connectivity index (χ1n) is 8.22. The predicted molar refractivity (Wildman–Crippen MR) is 102 cm³/mol. The van der Waals surface area contributed by atoms with E-state index in [-0.39, 0.29) is 24.2 Å². The Hall–Kier alpha value is -2.35. The van der Waals surface area contributed by atoms with Crippen molar-refractivity contribution in [1.82, 2.24) is 4.90 Å². The van der Waals surface area contributed by atoms with Crippen molar-refractivity contribution in [1.29, 1.82) is 0 Å². The Balaban J connectivity index is 2.75. The molecule has 26 heavy (non-hydrogen) atoms. The maximum absolute atomic E-state index is 12.4. The molecule has 0 aliphatic heterocycles. The summed E-state index contributed by atoms with van der Waals surface area (Å²) in [4.78, 5) is 25.3. The molecule has 0 spiro atoms. The predicted octanol–water partition coefficient (Wildman–Crippen LogP) is 2.12. The quantitative estimate of drug-likeness (QED) is 0.522. The molecule has 0 saturated heterocycles. The Morgan fingerprint density at radius 1 is 1.23 bits per heavy atom. The Bertz CT molecular complexity index is 739. The van der Waals surface area contributed by atoms with Gasteiger partial charge in [-0.25, -0.2) is 8.42 Å². The van der Waals surface area contributed by atoms with Crippen LogP contribution in [0, 0.1) is 5.92 Å². The minimum absolute atomic E-state index is 0.147. The van der Waals surface area contributed by atoms with Crippen molar-refractivity contribution in [3.63, 3.8) is 0 Å². The largest absolute Gasteiger partial charge is 0.469 e. The van der Waals surface area contributed by atoms with Crippen LogP contribution >= 0.6 is 0 Å². The van der Waals surface area contributed by atoms with Gasteiger partial charge in [0, 0.05) is 24.9 Å². The first-order valence-corrected chi connectivity index (χ1v) is 10.1. The molecule has 0 atom stereocenters. The van der Waals surface area contributed by atoms with Gasteiger partial charge in [0.2, 0.25) is 15.9 Å². The summed E-state index contributed by atoms with van der Waals surface area (Å²) in [5, 5.41) is 0. The molecule has 0 bridgehead atoms. The van der Waals surface area contributed by atoms with Gasteiger partial charge in [-0.05, 0) is 29.7 Å². The Labute approximate surface area is 155 Å². The number of hydrogen-bond donors (Lipinski definition) is 1. The fraction of sp³-hybridized carbons (Fsp3) is 0.444. The third kappa shape index (κ3) is 8.66. The highest BCUT2D eigenvalue weighted by Crippen LogP contribution is 2.12. The van der Waals surface area contributed by atoms with Crippen LogP contribution in [0.3, 0.4) is 0 Å². The lowest BCUT2D eigenvalue weighted by Crippen LogP contribution is -2.34. The maximum atomic E-state index is 12.4. The first-order chi connectivity index (χ1) is 12.1. The summed E-state index contributed by atoms with van der Waals surface area (Å²) in [6.07, 6.45) is 4.32. The molecular weight excluding hydrogens is 356 g/mol. The highest BCUT2D eigenvalue weighted by Gasteiger charge is 2.14. The molecular formula is C18H26N2O5S. The molecule has 0 saturated carbocycles. The van der Waals surface area contributed by atoms with Crippen LogP contribution in [0.1, 0.15) is 25.8 Å². The number of sulfonamides is 1. The van der Waals surface area contributed by atoms with Gasteiger partial charge in [0.15, 0.2) is 0 Å². The summed E-state index contributed by atoms with van der Waals surface area (Å²) < 4.78 is 29.4. The molecule has 7 nitrogen and oxygen atoms in total. The fourth-order valence-corrected chi connectivity index (χ4v) is 2.77. The van der Waals surface area contributed by atoms with E-state index in [2.05, 4.69) is 9.46 Å². The summed E-state index contributed by atoms with van der Waals surface area (Å²) in [7, 11) is -2.00. The SMILES string of the molecule is COC(=O)CCN(CC(C)C)C(=O)/C=C/c1ccc(NS(C)(=O)=O)cc1. The molecule has 0 radical (unpaired) electrons. The zero-order valence-corrected chi connectivity index (χ0v) is 16.4. The summed E-state index contributed by atoms with van der Waals surface area (Å²) in [6, 6.07) is 6.65. The zero-order valence-electron chi connectivity index (χ0n) is 15.6. The Kier molecular flexibility index (Phi) is 8.31. The van der Waals surface area contributed by atoms with Gasteiger partial charge in [0.05, 0.1) is 19.8 Å². The number of ether oxygens (including phenoxy) is 1. The lowest BCUT2D eigenvalue weighted by atomic mass is 10.1. The number of methoxy groups -OCH3 is 1. The van der Waals surface area contributed by atoms with Crippen LogP contribution in [0.25, 0.3) is 6.08 Å². The molecule has 1 amide bonds. The monoisotopic (exact) mass is 382 g/mol. The smallest absolute Gasteiger partial charge is 0.307 e. The van der Waals surface area contributed by atoms with Crippen molar-refractivity contribution < 1.29 is 22.7 Å². The molecule has 144 valence electrons.